The van der Waals surface area contributed by atoms with E-state index >= 15 is 0 Å². The van der Waals surface area contributed by atoms with Crippen molar-refractivity contribution in [3.63, 3.8) is 0 Å². The first-order valence-corrected chi connectivity index (χ1v) is 4.74. The number of hydrogen-bond donors (Lipinski definition) is 2. The molecule has 2 N–H and O–H groups in total. The zero-order valence-electron chi connectivity index (χ0n) is 8.47. The molecule has 0 saturated carbocycles. The average Bonchev–Trinajstić information content (AvgIpc) is 2.15. The van der Waals surface area contributed by atoms with Gasteiger partial charge in [-0.05, 0) is 19.9 Å². The van der Waals surface area contributed by atoms with Gasteiger partial charge in [0.05, 0.1) is 6.10 Å². The standard InChI is InChI=1S/C11H16O3/c1-3-14-11(8(2)12)9-6-4-5-7-10(9)13/h4-8,11-13H,3H2,1-2H3. The van der Waals surface area contributed by atoms with Gasteiger partial charge < -0.3 is 14.9 Å². The molecule has 0 amide bonds. The molecular weight excluding hydrogens is 180 g/mol. The molecule has 0 spiro atoms. The number of aromatic hydroxyl groups is 1. The average molecular weight is 196 g/mol. The predicted molar refractivity (Wildman–Crippen MR) is 54.2 cm³/mol. The Bertz CT molecular complexity index is 284. The number of phenols is 1. The van der Waals surface area contributed by atoms with Gasteiger partial charge in [0.25, 0.3) is 0 Å². The second-order valence-corrected chi connectivity index (χ2v) is 3.18. The van der Waals surface area contributed by atoms with Crippen LogP contribution in [0.3, 0.4) is 0 Å². The molecule has 1 aromatic carbocycles. The fourth-order valence-corrected chi connectivity index (χ4v) is 1.40. The SMILES string of the molecule is CCOC(c1ccccc1O)C(C)O. The maximum Gasteiger partial charge on any atom is 0.121 e. The Morgan fingerprint density at radius 1 is 1.36 bits per heavy atom. The molecule has 0 heterocycles. The summed E-state index contributed by atoms with van der Waals surface area (Å²) in [4.78, 5) is 0. The molecule has 3 nitrogen and oxygen atoms in total. The molecule has 1 rings (SSSR count). The van der Waals surface area contributed by atoms with E-state index < -0.39 is 12.2 Å². The van der Waals surface area contributed by atoms with Gasteiger partial charge in [0.2, 0.25) is 0 Å². The van der Waals surface area contributed by atoms with Gasteiger partial charge in [-0.25, -0.2) is 0 Å². The van der Waals surface area contributed by atoms with Crippen LogP contribution < -0.4 is 0 Å². The van der Waals surface area contributed by atoms with E-state index in [9.17, 15) is 10.2 Å². The number of rotatable bonds is 4. The zero-order valence-corrected chi connectivity index (χ0v) is 8.47. The predicted octanol–water partition coefficient (Wildman–Crippen LogP) is 1.85. The molecule has 2 atom stereocenters. The van der Waals surface area contributed by atoms with E-state index in [0.29, 0.717) is 12.2 Å². The Morgan fingerprint density at radius 3 is 2.50 bits per heavy atom. The smallest absolute Gasteiger partial charge is 0.121 e. The largest absolute Gasteiger partial charge is 0.508 e. The number of ether oxygens (including phenoxy) is 1. The number of phenolic OH excluding ortho intramolecular Hbond substituents is 1. The molecule has 0 radical (unpaired) electrons. The first kappa shape index (κ1) is 11.0. The highest BCUT2D eigenvalue weighted by Crippen LogP contribution is 2.28. The third-order valence-electron chi connectivity index (χ3n) is 2.03. The van der Waals surface area contributed by atoms with Crippen LogP contribution in [0, 0.1) is 0 Å². The van der Waals surface area contributed by atoms with Crippen LogP contribution in [-0.2, 0) is 4.74 Å². The van der Waals surface area contributed by atoms with Crippen molar-refractivity contribution in [2.75, 3.05) is 6.61 Å². The quantitative estimate of drug-likeness (QED) is 0.772. The molecule has 2 unspecified atom stereocenters. The second-order valence-electron chi connectivity index (χ2n) is 3.18. The lowest BCUT2D eigenvalue weighted by Gasteiger charge is -2.20. The Labute approximate surface area is 84.0 Å². The summed E-state index contributed by atoms with van der Waals surface area (Å²) in [6.07, 6.45) is -1.09. The lowest BCUT2D eigenvalue weighted by atomic mass is 10.0. The molecule has 78 valence electrons. The molecule has 0 aliphatic heterocycles. The van der Waals surface area contributed by atoms with Crippen molar-refractivity contribution >= 4 is 0 Å². The van der Waals surface area contributed by atoms with Gasteiger partial charge in [0, 0.05) is 12.2 Å². The molecule has 0 saturated heterocycles. The Hall–Kier alpha value is -1.06. The van der Waals surface area contributed by atoms with Gasteiger partial charge in [0.1, 0.15) is 11.9 Å². The molecule has 3 heteroatoms. The van der Waals surface area contributed by atoms with Crippen LogP contribution in [0.4, 0.5) is 0 Å². The summed E-state index contributed by atoms with van der Waals surface area (Å²) in [5.74, 6) is 0.159. The van der Waals surface area contributed by atoms with E-state index in [2.05, 4.69) is 0 Å². The number of aliphatic hydroxyl groups is 1. The van der Waals surface area contributed by atoms with Gasteiger partial charge in [-0.1, -0.05) is 18.2 Å². The minimum absolute atomic E-state index is 0.159. The third kappa shape index (κ3) is 2.47. The molecule has 1 aromatic rings. The van der Waals surface area contributed by atoms with Crippen molar-refractivity contribution in [1.82, 2.24) is 0 Å². The minimum atomic E-state index is -0.636. The minimum Gasteiger partial charge on any atom is -0.508 e. The second kappa shape index (κ2) is 4.98. The maximum atomic E-state index is 9.57. The summed E-state index contributed by atoms with van der Waals surface area (Å²) in [5.41, 5.74) is 0.629. The first-order chi connectivity index (χ1) is 6.66. The van der Waals surface area contributed by atoms with Crippen LogP contribution in [0.25, 0.3) is 0 Å². The molecule has 0 aliphatic carbocycles. The van der Waals surface area contributed by atoms with Crippen molar-refractivity contribution in [3.8, 4) is 5.75 Å². The van der Waals surface area contributed by atoms with Crippen LogP contribution in [0.15, 0.2) is 24.3 Å². The van der Waals surface area contributed by atoms with Crippen LogP contribution in [0.1, 0.15) is 25.5 Å². The molecule has 0 aliphatic rings. The van der Waals surface area contributed by atoms with Crippen molar-refractivity contribution in [2.24, 2.45) is 0 Å². The number of aliphatic hydroxyl groups excluding tert-OH is 1. The van der Waals surface area contributed by atoms with Gasteiger partial charge in [-0.3, -0.25) is 0 Å². The molecule has 0 bridgehead atoms. The van der Waals surface area contributed by atoms with Gasteiger partial charge in [0.15, 0.2) is 0 Å². The fraction of sp³-hybridized carbons (Fsp3) is 0.455. The van der Waals surface area contributed by atoms with E-state index in [-0.39, 0.29) is 5.75 Å². The van der Waals surface area contributed by atoms with Gasteiger partial charge in [-0.15, -0.1) is 0 Å². The number of benzene rings is 1. The van der Waals surface area contributed by atoms with E-state index in [1.807, 2.05) is 13.0 Å². The highest BCUT2D eigenvalue weighted by atomic mass is 16.5. The normalized spacial score (nSPS) is 15.1. The molecular formula is C11H16O3. The summed E-state index contributed by atoms with van der Waals surface area (Å²) in [6.45, 7) is 4.01. The lowest BCUT2D eigenvalue weighted by Crippen LogP contribution is -2.18. The molecule has 14 heavy (non-hydrogen) atoms. The Morgan fingerprint density at radius 2 is 2.00 bits per heavy atom. The Balaban J connectivity index is 2.93. The van der Waals surface area contributed by atoms with Crippen molar-refractivity contribution in [3.05, 3.63) is 29.8 Å². The first-order valence-electron chi connectivity index (χ1n) is 4.74. The number of hydrogen-bond acceptors (Lipinski definition) is 3. The monoisotopic (exact) mass is 196 g/mol. The number of para-hydroxylation sites is 1. The van der Waals surface area contributed by atoms with Crippen molar-refractivity contribution in [2.45, 2.75) is 26.1 Å². The fourth-order valence-electron chi connectivity index (χ4n) is 1.40. The summed E-state index contributed by atoms with van der Waals surface area (Å²) in [6, 6.07) is 6.89. The van der Waals surface area contributed by atoms with E-state index in [1.165, 1.54) is 0 Å². The lowest BCUT2D eigenvalue weighted by molar-refractivity contribution is -0.0270. The van der Waals surface area contributed by atoms with E-state index in [4.69, 9.17) is 4.74 Å². The van der Waals surface area contributed by atoms with Crippen LogP contribution in [0.2, 0.25) is 0 Å². The van der Waals surface area contributed by atoms with Gasteiger partial charge in [-0.2, -0.15) is 0 Å². The van der Waals surface area contributed by atoms with Crippen LogP contribution >= 0.6 is 0 Å². The molecule has 0 fully saturated rings. The summed E-state index contributed by atoms with van der Waals surface area (Å²) >= 11 is 0. The van der Waals surface area contributed by atoms with Crippen LogP contribution in [0.5, 0.6) is 5.75 Å². The van der Waals surface area contributed by atoms with E-state index in [1.54, 1.807) is 25.1 Å². The highest BCUT2D eigenvalue weighted by molar-refractivity contribution is 5.34. The summed E-state index contributed by atoms with van der Waals surface area (Å²) < 4.78 is 5.36. The van der Waals surface area contributed by atoms with Crippen molar-refractivity contribution < 1.29 is 14.9 Å². The highest BCUT2D eigenvalue weighted by Gasteiger charge is 2.19. The molecule has 0 aromatic heterocycles. The Kier molecular flexibility index (Phi) is 3.92. The maximum absolute atomic E-state index is 9.57. The van der Waals surface area contributed by atoms with Crippen molar-refractivity contribution in [1.29, 1.82) is 0 Å². The third-order valence-corrected chi connectivity index (χ3v) is 2.03. The van der Waals surface area contributed by atoms with Crippen LogP contribution in [-0.4, -0.2) is 22.9 Å². The topological polar surface area (TPSA) is 49.7 Å². The zero-order chi connectivity index (χ0) is 10.6. The van der Waals surface area contributed by atoms with Gasteiger partial charge >= 0.3 is 0 Å². The van der Waals surface area contributed by atoms with E-state index in [0.717, 1.165) is 0 Å². The summed E-state index contributed by atoms with van der Waals surface area (Å²) in [5, 5.41) is 19.1. The summed E-state index contributed by atoms with van der Waals surface area (Å²) in [7, 11) is 0.